The third-order valence-corrected chi connectivity index (χ3v) is 18.8. The average molecular weight is 970 g/mol. The topological polar surface area (TPSA) is 30.1 Å². The van der Waals surface area contributed by atoms with Gasteiger partial charge in [0, 0.05) is 63.4 Å². The zero-order valence-corrected chi connectivity index (χ0v) is 44.6. The molecule has 6 heteroatoms. The molecule has 12 aromatic rings. The van der Waals surface area contributed by atoms with Crippen molar-refractivity contribution in [2.24, 2.45) is 0 Å². The predicted octanol–water partition coefficient (Wildman–Crippen LogP) is 18.3. The maximum Gasteiger partial charge on any atom is 0.211 e. The van der Waals surface area contributed by atoms with Gasteiger partial charge in [0.15, 0.2) is 0 Å². The number of para-hydroxylation sites is 1. The van der Waals surface area contributed by atoms with Crippen LogP contribution in [0.5, 0.6) is 0 Å². The molecular formula is C66H58BN2OS2. The summed E-state index contributed by atoms with van der Waals surface area (Å²) in [6.07, 6.45) is 2.37. The van der Waals surface area contributed by atoms with Gasteiger partial charge in [0.05, 0.1) is 22.1 Å². The van der Waals surface area contributed by atoms with Crippen LogP contribution in [0.25, 0.3) is 102 Å². The third-order valence-electron chi connectivity index (χ3n) is 16.6. The molecule has 0 spiro atoms. The Morgan fingerprint density at radius 3 is 2.00 bits per heavy atom. The molecule has 1 aliphatic heterocycles. The summed E-state index contributed by atoms with van der Waals surface area (Å²) in [5, 5.41) is 12.7. The Morgan fingerprint density at radius 1 is 0.569 bits per heavy atom. The highest BCUT2D eigenvalue weighted by molar-refractivity contribution is 7.29. The molecule has 0 saturated heterocycles. The molecule has 0 atom stereocenters. The number of hydrogen-bond acceptors (Lipinski definition) is 4. The molecule has 2 aliphatic rings. The summed E-state index contributed by atoms with van der Waals surface area (Å²) < 4.78 is 15.1. The lowest BCUT2D eigenvalue weighted by Gasteiger charge is -2.41. The van der Waals surface area contributed by atoms with E-state index >= 15 is 0 Å². The highest BCUT2D eigenvalue weighted by Gasteiger charge is 2.39. The van der Waals surface area contributed by atoms with Gasteiger partial charge in [-0.25, -0.2) is 0 Å². The number of thiophene rings is 2. The average Bonchev–Trinajstić information content (AvgIpc) is 4.11. The van der Waals surface area contributed by atoms with Crippen LogP contribution in [0.15, 0.2) is 144 Å². The quantitative estimate of drug-likeness (QED) is 0.178. The monoisotopic (exact) mass is 969 g/mol. The lowest BCUT2D eigenvalue weighted by Crippen LogP contribution is -2.35. The lowest BCUT2D eigenvalue weighted by molar-refractivity contribution is 0.332. The fourth-order valence-electron chi connectivity index (χ4n) is 12.4. The lowest BCUT2D eigenvalue weighted by atomic mass is 9.62. The smallest absolute Gasteiger partial charge is 0.211 e. The van der Waals surface area contributed by atoms with Crippen LogP contribution in [-0.4, -0.2) is 11.8 Å². The van der Waals surface area contributed by atoms with Crippen molar-refractivity contribution in [2.75, 3.05) is 5.32 Å². The first-order valence-corrected chi connectivity index (χ1v) is 27.4. The summed E-state index contributed by atoms with van der Waals surface area (Å²) >= 11 is 3.83. The molecule has 0 fully saturated rings. The molecular weight excluding hydrogens is 912 g/mol. The number of nitrogens with zero attached hydrogens (tertiary/aromatic N) is 1. The minimum Gasteiger partial charge on any atom is -0.455 e. The number of aromatic nitrogens is 1. The van der Waals surface area contributed by atoms with Crippen LogP contribution in [0.1, 0.15) is 104 Å². The summed E-state index contributed by atoms with van der Waals surface area (Å²) in [6, 6.07) is 53.0. The Bertz CT molecular complexity index is 4280. The zero-order valence-electron chi connectivity index (χ0n) is 42.9. The molecule has 3 nitrogen and oxygen atoms in total. The molecule has 0 unspecified atom stereocenters. The molecule has 8 aromatic carbocycles. The summed E-state index contributed by atoms with van der Waals surface area (Å²) in [5.74, 6) is 0. The first-order chi connectivity index (χ1) is 34.4. The second-order valence-electron chi connectivity index (χ2n) is 24.3. The number of anilines is 2. The molecule has 1 radical (unpaired) electrons. The van der Waals surface area contributed by atoms with Crippen LogP contribution >= 0.6 is 22.7 Å². The molecule has 14 rings (SSSR count). The van der Waals surface area contributed by atoms with Crippen LogP contribution in [0.2, 0.25) is 0 Å². The zero-order chi connectivity index (χ0) is 49.4. The first-order valence-electron chi connectivity index (χ1n) is 25.8. The highest BCUT2D eigenvalue weighted by Crippen LogP contribution is 2.53. The van der Waals surface area contributed by atoms with E-state index in [4.69, 9.17) is 4.42 Å². The van der Waals surface area contributed by atoms with Crippen molar-refractivity contribution >= 4 is 126 Å². The number of nitrogens with one attached hydrogen (secondary N) is 1. The number of benzene rings is 8. The summed E-state index contributed by atoms with van der Waals surface area (Å²) in [5.41, 5.74) is 19.5. The van der Waals surface area contributed by atoms with Gasteiger partial charge in [-0.15, -0.1) is 22.7 Å². The van der Waals surface area contributed by atoms with Gasteiger partial charge in [0.2, 0.25) is 7.28 Å². The Hall–Kier alpha value is -6.60. The van der Waals surface area contributed by atoms with Crippen molar-refractivity contribution in [1.82, 2.24) is 4.57 Å². The normalized spacial score (nSPS) is 15.3. The van der Waals surface area contributed by atoms with E-state index in [2.05, 4.69) is 226 Å². The van der Waals surface area contributed by atoms with E-state index in [1.165, 1.54) is 125 Å². The number of rotatable bonds is 4. The minimum atomic E-state index is -0.0515. The van der Waals surface area contributed by atoms with Crippen molar-refractivity contribution < 1.29 is 4.42 Å². The van der Waals surface area contributed by atoms with E-state index in [-0.39, 0.29) is 21.7 Å². The maximum absolute atomic E-state index is 7.34. The van der Waals surface area contributed by atoms with Gasteiger partial charge in [-0.05, 0) is 150 Å². The van der Waals surface area contributed by atoms with Crippen molar-refractivity contribution in [3.63, 3.8) is 0 Å². The van der Waals surface area contributed by atoms with Gasteiger partial charge < -0.3 is 14.3 Å². The molecule has 353 valence electrons. The summed E-state index contributed by atoms with van der Waals surface area (Å²) in [7, 11) is 2.53. The first kappa shape index (κ1) is 44.1. The van der Waals surface area contributed by atoms with Crippen LogP contribution in [0.3, 0.4) is 0 Å². The molecule has 4 aromatic heterocycles. The second-order valence-corrected chi connectivity index (χ2v) is 26.4. The molecule has 1 aliphatic carbocycles. The molecule has 1 N–H and O–H groups in total. The largest absolute Gasteiger partial charge is 0.455 e. The van der Waals surface area contributed by atoms with E-state index in [9.17, 15) is 0 Å². The van der Waals surface area contributed by atoms with Crippen molar-refractivity contribution in [3.8, 4) is 27.9 Å². The van der Waals surface area contributed by atoms with Gasteiger partial charge in [0.1, 0.15) is 11.2 Å². The Labute approximate surface area is 430 Å². The Balaban J connectivity index is 1.14. The molecule has 0 bridgehead atoms. The third kappa shape index (κ3) is 6.47. The molecule has 0 saturated carbocycles. The fourth-order valence-corrected chi connectivity index (χ4v) is 14.7. The van der Waals surface area contributed by atoms with Crippen LogP contribution < -0.4 is 15.6 Å². The van der Waals surface area contributed by atoms with Gasteiger partial charge >= 0.3 is 0 Å². The van der Waals surface area contributed by atoms with Crippen LogP contribution in [0.4, 0.5) is 11.4 Å². The summed E-state index contributed by atoms with van der Waals surface area (Å²) in [4.78, 5) is 0. The summed E-state index contributed by atoms with van der Waals surface area (Å²) in [6.45, 7) is 23.6. The van der Waals surface area contributed by atoms with E-state index in [1.807, 2.05) is 22.7 Å². The molecule has 0 amide bonds. The Kier molecular flexibility index (Phi) is 9.19. The Morgan fingerprint density at radius 2 is 1.25 bits per heavy atom. The van der Waals surface area contributed by atoms with E-state index in [0.29, 0.717) is 0 Å². The van der Waals surface area contributed by atoms with Gasteiger partial charge in [-0.3, -0.25) is 0 Å². The predicted molar refractivity (Wildman–Crippen MR) is 315 cm³/mol. The standard InChI is InChI=1S/C66H58BN2OS2/c1-63(2,3)38-21-24-40(25-22-38)68-49-35-54-42(43-33-47-48(34-53(43)71-54)66(9,10)29-28-65(47,7)8)32-44(49)55-56-41-18-14-15-19-51(41)70-61(56)57-45-31-39(64(4,5)6)23-26-50(45)69-59-46-30-37(36-16-12-11-13-17-36)20-27-52(46)72-62(59)67-58(55)60(57)69/h11-27,30-35,68H,28-29H2,1-10H3. The maximum atomic E-state index is 7.34. The SMILES string of the molecule is CC(C)(C)c1ccc(Nc2cc3sc4cc5c(cc4c3cc2-c2c3c4c(c6cc(C(C)(C)C)ccc6n4-c4c(sc6ccc(-c7ccccc7)cc46)[B]3)c3oc4ccccc4c23)C(C)(C)CCC5(C)C)cc1. The molecule has 5 heterocycles. The second kappa shape index (κ2) is 15.0. The number of furan rings is 1. The highest BCUT2D eigenvalue weighted by atomic mass is 32.1. The van der Waals surface area contributed by atoms with Crippen molar-refractivity contribution in [3.05, 3.63) is 162 Å². The van der Waals surface area contributed by atoms with Crippen molar-refractivity contribution in [2.45, 2.75) is 104 Å². The van der Waals surface area contributed by atoms with E-state index in [0.717, 1.165) is 33.3 Å². The number of hydrogen-bond donors (Lipinski definition) is 1. The van der Waals surface area contributed by atoms with Crippen LogP contribution in [-0.2, 0) is 21.7 Å². The minimum absolute atomic E-state index is 0.0461. The van der Waals surface area contributed by atoms with Crippen LogP contribution in [0, 0.1) is 0 Å². The number of fused-ring (bicyclic) bond motifs is 15. The van der Waals surface area contributed by atoms with E-state index in [1.54, 1.807) is 0 Å². The van der Waals surface area contributed by atoms with Gasteiger partial charge in [0.25, 0.3) is 0 Å². The van der Waals surface area contributed by atoms with E-state index < -0.39 is 0 Å². The van der Waals surface area contributed by atoms with Gasteiger partial charge in [-0.2, -0.15) is 0 Å². The fraction of sp³-hybridized carbons (Fsp3) is 0.242. The van der Waals surface area contributed by atoms with Crippen molar-refractivity contribution in [1.29, 1.82) is 0 Å². The van der Waals surface area contributed by atoms with Gasteiger partial charge in [-0.1, -0.05) is 142 Å². The molecule has 72 heavy (non-hydrogen) atoms.